The normalized spacial score (nSPS) is 17.7. The Morgan fingerprint density at radius 3 is 2.92 bits per heavy atom. The van der Waals surface area contributed by atoms with Crippen LogP contribution < -0.4 is 10.6 Å². The predicted octanol–water partition coefficient (Wildman–Crippen LogP) is -0.361. The highest BCUT2D eigenvalue weighted by Gasteiger charge is 2.31. The Labute approximate surface area is 151 Å². The minimum absolute atomic E-state index is 0.0920. The standard InChI is InChI=1S/C17H23N7O2/c25-16(19-12-15-20-22-23-21-15)11-14-17(26)18-8-10-24(14)9-4-7-13-5-2-1-3-6-13/h1-3,5-6,14H,4,7-12H2,(H,18,26)(H,19,25)(H,20,21,22,23). The number of carbonyl (C=O) groups excluding carboxylic acids is 2. The molecule has 1 aliphatic rings. The van der Waals surface area contributed by atoms with Crippen molar-refractivity contribution in [2.45, 2.75) is 31.8 Å². The number of hydrogen-bond acceptors (Lipinski definition) is 6. The van der Waals surface area contributed by atoms with Gasteiger partial charge in [-0.25, -0.2) is 0 Å². The van der Waals surface area contributed by atoms with E-state index in [4.69, 9.17) is 0 Å². The molecule has 26 heavy (non-hydrogen) atoms. The van der Waals surface area contributed by atoms with E-state index < -0.39 is 6.04 Å². The van der Waals surface area contributed by atoms with Crippen molar-refractivity contribution in [3.8, 4) is 0 Å². The second-order valence-electron chi connectivity index (χ2n) is 6.24. The quantitative estimate of drug-likeness (QED) is 0.594. The molecule has 0 saturated carbocycles. The van der Waals surface area contributed by atoms with Gasteiger partial charge in [0.05, 0.1) is 19.0 Å². The molecule has 1 fully saturated rings. The first-order chi connectivity index (χ1) is 12.7. The summed E-state index contributed by atoms with van der Waals surface area (Å²) >= 11 is 0. The maximum atomic E-state index is 12.2. The monoisotopic (exact) mass is 357 g/mol. The molecule has 3 rings (SSSR count). The van der Waals surface area contributed by atoms with Gasteiger partial charge in [0.15, 0.2) is 5.82 Å². The first-order valence-electron chi connectivity index (χ1n) is 8.77. The van der Waals surface area contributed by atoms with Gasteiger partial charge in [0.2, 0.25) is 11.8 Å². The van der Waals surface area contributed by atoms with Crippen LogP contribution in [0.4, 0.5) is 0 Å². The van der Waals surface area contributed by atoms with Gasteiger partial charge in [-0.15, -0.1) is 10.2 Å². The third-order valence-electron chi connectivity index (χ3n) is 4.41. The van der Waals surface area contributed by atoms with Crippen molar-refractivity contribution >= 4 is 11.8 Å². The number of carbonyl (C=O) groups is 2. The van der Waals surface area contributed by atoms with E-state index in [2.05, 4.69) is 48.3 Å². The van der Waals surface area contributed by atoms with Crippen molar-refractivity contribution < 1.29 is 9.59 Å². The van der Waals surface area contributed by atoms with Crippen LogP contribution in [0.3, 0.4) is 0 Å². The van der Waals surface area contributed by atoms with Crippen molar-refractivity contribution in [2.75, 3.05) is 19.6 Å². The van der Waals surface area contributed by atoms with Gasteiger partial charge >= 0.3 is 0 Å². The fourth-order valence-corrected chi connectivity index (χ4v) is 3.07. The Kier molecular flexibility index (Phi) is 6.26. The Balaban J connectivity index is 1.49. The Hall–Kier alpha value is -2.81. The number of aromatic nitrogens is 4. The Bertz CT molecular complexity index is 705. The largest absolute Gasteiger partial charge is 0.353 e. The smallest absolute Gasteiger partial charge is 0.237 e. The summed E-state index contributed by atoms with van der Waals surface area (Å²) in [5.74, 6) is 0.113. The Morgan fingerprint density at radius 1 is 1.31 bits per heavy atom. The summed E-state index contributed by atoms with van der Waals surface area (Å²) in [7, 11) is 0. The molecule has 0 radical (unpaired) electrons. The number of H-pyrrole nitrogens is 1. The molecule has 1 saturated heterocycles. The van der Waals surface area contributed by atoms with Gasteiger partial charge < -0.3 is 10.6 Å². The summed E-state index contributed by atoms with van der Waals surface area (Å²) in [6, 6.07) is 9.82. The maximum Gasteiger partial charge on any atom is 0.237 e. The Morgan fingerprint density at radius 2 is 2.15 bits per heavy atom. The maximum absolute atomic E-state index is 12.2. The molecule has 138 valence electrons. The topological polar surface area (TPSA) is 116 Å². The molecule has 0 aliphatic carbocycles. The van der Waals surface area contributed by atoms with E-state index in [9.17, 15) is 9.59 Å². The zero-order valence-electron chi connectivity index (χ0n) is 14.5. The first-order valence-corrected chi connectivity index (χ1v) is 8.77. The summed E-state index contributed by atoms with van der Waals surface area (Å²) in [4.78, 5) is 26.5. The number of amides is 2. The fourth-order valence-electron chi connectivity index (χ4n) is 3.07. The summed E-state index contributed by atoms with van der Waals surface area (Å²) in [6.45, 7) is 2.34. The number of piperazine rings is 1. The third kappa shape index (κ3) is 5.09. The van der Waals surface area contributed by atoms with Crippen molar-refractivity contribution in [3.63, 3.8) is 0 Å². The highest BCUT2D eigenvalue weighted by Crippen LogP contribution is 2.11. The average molecular weight is 357 g/mol. The first kappa shape index (κ1) is 18.0. The number of benzene rings is 1. The molecule has 1 unspecified atom stereocenters. The minimum Gasteiger partial charge on any atom is -0.353 e. The number of nitrogens with one attached hydrogen (secondary N) is 3. The molecular formula is C17H23N7O2. The number of aryl methyl sites for hydroxylation is 1. The van der Waals surface area contributed by atoms with Crippen molar-refractivity contribution in [3.05, 3.63) is 41.7 Å². The van der Waals surface area contributed by atoms with Crippen LogP contribution in [0.5, 0.6) is 0 Å². The molecule has 1 atom stereocenters. The van der Waals surface area contributed by atoms with E-state index in [0.717, 1.165) is 25.9 Å². The van der Waals surface area contributed by atoms with Crippen LogP contribution in [-0.2, 0) is 22.6 Å². The van der Waals surface area contributed by atoms with Gasteiger partial charge in [0, 0.05) is 13.1 Å². The molecule has 2 aromatic rings. The van der Waals surface area contributed by atoms with E-state index in [1.807, 2.05) is 18.2 Å². The molecular weight excluding hydrogens is 334 g/mol. The van der Waals surface area contributed by atoms with Crippen LogP contribution in [0.15, 0.2) is 30.3 Å². The zero-order valence-corrected chi connectivity index (χ0v) is 14.5. The summed E-state index contributed by atoms with van der Waals surface area (Å²) < 4.78 is 0. The van der Waals surface area contributed by atoms with Crippen LogP contribution >= 0.6 is 0 Å². The van der Waals surface area contributed by atoms with Crippen molar-refractivity contribution in [2.24, 2.45) is 0 Å². The number of tetrazole rings is 1. The summed E-state index contributed by atoms with van der Waals surface area (Å²) in [5.41, 5.74) is 1.28. The lowest BCUT2D eigenvalue weighted by Gasteiger charge is -2.34. The SMILES string of the molecule is O=C(CC1C(=O)NCCN1CCCc1ccccc1)NCc1nn[nH]n1. The van der Waals surface area contributed by atoms with Crippen LogP contribution in [0.25, 0.3) is 0 Å². The lowest BCUT2D eigenvalue weighted by molar-refractivity contribution is -0.134. The highest BCUT2D eigenvalue weighted by molar-refractivity contribution is 5.88. The number of hydrogen-bond donors (Lipinski definition) is 3. The summed E-state index contributed by atoms with van der Waals surface area (Å²) in [5, 5.41) is 18.9. The van der Waals surface area contributed by atoms with Crippen LogP contribution in [-0.4, -0.2) is 63.0 Å². The van der Waals surface area contributed by atoms with E-state index >= 15 is 0 Å². The van der Waals surface area contributed by atoms with E-state index in [1.54, 1.807) is 0 Å². The predicted molar refractivity (Wildman–Crippen MR) is 93.8 cm³/mol. The molecule has 1 aromatic heterocycles. The number of nitrogens with zero attached hydrogens (tertiary/aromatic N) is 4. The molecule has 1 aliphatic heterocycles. The molecule has 0 bridgehead atoms. The number of aromatic amines is 1. The zero-order chi connectivity index (χ0) is 18.2. The second kappa shape index (κ2) is 9.04. The molecule has 9 heteroatoms. The molecule has 3 N–H and O–H groups in total. The minimum atomic E-state index is -0.440. The van der Waals surface area contributed by atoms with E-state index in [-0.39, 0.29) is 24.8 Å². The molecule has 2 amide bonds. The van der Waals surface area contributed by atoms with Crippen LogP contribution in [0.1, 0.15) is 24.2 Å². The van der Waals surface area contributed by atoms with Gasteiger partial charge in [-0.3, -0.25) is 14.5 Å². The molecule has 0 spiro atoms. The highest BCUT2D eigenvalue weighted by atomic mass is 16.2. The second-order valence-corrected chi connectivity index (χ2v) is 6.24. The van der Waals surface area contributed by atoms with Gasteiger partial charge in [0.25, 0.3) is 0 Å². The van der Waals surface area contributed by atoms with Crippen LogP contribution in [0.2, 0.25) is 0 Å². The van der Waals surface area contributed by atoms with E-state index in [1.165, 1.54) is 5.56 Å². The fraction of sp³-hybridized carbons (Fsp3) is 0.471. The molecule has 2 heterocycles. The third-order valence-corrected chi connectivity index (χ3v) is 4.41. The lowest BCUT2D eigenvalue weighted by atomic mass is 10.1. The summed E-state index contributed by atoms with van der Waals surface area (Å²) in [6.07, 6.45) is 2.02. The van der Waals surface area contributed by atoms with Gasteiger partial charge in [-0.05, 0) is 24.9 Å². The molecule has 9 nitrogen and oxygen atoms in total. The number of rotatable bonds is 8. The lowest BCUT2D eigenvalue weighted by Crippen LogP contribution is -2.56. The van der Waals surface area contributed by atoms with Crippen molar-refractivity contribution in [1.82, 2.24) is 36.2 Å². The van der Waals surface area contributed by atoms with Gasteiger partial charge in [-0.1, -0.05) is 35.5 Å². The average Bonchev–Trinajstić information content (AvgIpc) is 3.17. The van der Waals surface area contributed by atoms with Crippen molar-refractivity contribution in [1.29, 1.82) is 0 Å². The van der Waals surface area contributed by atoms with Gasteiger partial charge in [-0.2, -0.15) is 5.21 Å². The van der Waals surface area contributed by atoms with Gasteiger partial charge in [0.1, 0.15) is 0 Å². The van der Waals surface area contributed by atoms with Crippen LogP contribution in [0, 0.1) is 0 Å². The van der Waals surface area contributed by atoms with E-state index in [0.29, 0.717) is 12.4 Å². The molecule has 1 aromatic carbocycles.